The first-order valence-electron chi connectivity index (χ1n) is 8.75. The van der Waals surface area contributed by atoms with Gasteiger partial charge in [0.1, 0.15) is 11.2 Å². The smallest absolute Gasteiger partial charge is 0.258 e. The third-order valence-electron chi connectivity index (χ3n) is 4.53. The zero-order chi connectivity index (χ0) is 17.1. The molecule has 6 heteroatoms. The third kappa shape index (κ3) is 3.69. The highest BCUT2D eigenvalue weighted by molar-refractivity contribution is 7.18. The van der Waals surface area contributed by atoms with Crippen molar-refractivity contribution in [3.63, 3.8) is 0 Å². The second-order valence-electron chi connectivity index (χ2n) is 6.76. The number of fused-ring (bicyclic) bond motifs is 3. The van der Waals surface area contributed by atoms with Crippen LogP contribution in [0, 0.1) is 5.92 Å². The van der Waals surface area contributed by atoms with Gasteiger partial charge in [-0.25, -0.2) is 9.97 Å². The molecule has 24 heavy (non-hydrogen) atoms. The number of nitrogens with zero attached hydrogens (tertiary/aromatic N) is 2. The van der Waals surface area contributed by atoms with Gasteiger partial charge in [-0.15, -0.1) is 11.3 Å². The normalized spacial score (nSPS) is 18.2. The van der Waals surface area contributed by atoms with Crippen LogP contribution in [0.2, 0.25) is 0 Å². The Morgan fingerprint density at radius 2 is 2.33 bits per heavy atom. The van der Waals surface area contributed by atoms with Gasteiger partial charge in [-0.2, -0.15) is 0 Å². The standard InChI is InChI=1S/C18H25N3O2S/c1-4-5-12(3)21-15(22)9-23-17-16-13-7-6-11(2)8-14(13)24-18(16)20-10-19-17/h10-12H,4-9H2,1-3H3,(H,21,22). The van der Waals surface area contributed by atoms with E-state index in [0.717, 1.165) is 35.9 Å². The number of ether oxygens (including phenoxy) is 1. The molecule has 0 spiro atoms. The van der Waals surface area contributed by atoms with E-state index in [1.807, 2.05) is 6.92 Å². The molecule has 0 radical (unpaired) electrons. The molecule has 2 unspecified atom stereocenters. The highest BCUT2D eigenvalue weighted by Crippen LogP contribution is 2.40. The first-order valence-corrected chi connectivity index (χ1v) is 9.57. The summed E-state index contributed by atoms with van der Waals surface area (Å²) in [6.07, 6.45) is 6.88. The van der Waals surface area contributed by atoms with Crippen molar-refractivity contribution in [2.45, 2.75) is 58.9 Å². The van der Waals surface area contributed by atoms with Crippen LogP contribution in [-0.2, 0) is 17.6 Å². The minimum absolute atomic E-state index is 0.00118. The average molecular weight is 347 g/mol. The van der Waals surface area contributed by atoms with E-state index in [9.17, 15) is 4.79 Å². The summed E-state index contributed by atoms with van der Waals surface area (Å²) in [5, 5.41) is 3.97. The molecule has 5 nitrogen and oxygen atoms in total. The minimum Gasteiger partial charge on any atom is -0.467 e. The predicted molar refractivity (Wildman–Crippen MR) is 96.6 cm³/mol. The van der Waals surface area contributed by atoms with E-state index < -0.39 is 0 Å². The summed E-state index contributed by atoms with van der Waals surface area (Å²) in [6, 6.07) is 0.173. The maximum absolute atomic E-state index is 12.0. The molecule has 1 amide bonds. The van der Waals surface area contributed by atoms with Gasteiger partial charge in [0.2, 0.25) is 5.88 Å². The summed E-state index contributed by atoms with van der Waals surface area (Å²) in [4.78, 5) is 23.1. The number of aryl methyl sites for hydroxylation is 1. The largest absolute Gasteiger partial charge is 0.467 e. The van der Waals surface area contributed by atoms with Crippen LogP contribution < -0.4 is 10.1 Å². The van der Waals surface area contributed by atoms with Crippen molar-refractivity contribution in [3.05, 3.63) is 16.8 Å². The molecule has 1 aliphatic rings. The molecule has 2 aromatic rings. The Morgan fingerprint density at radius 3 is 3.12 bits per heavy atom. The second-order valence-corrected chi connectivity index (χ2v) is 7.84. The van der Waals surface area contributed by atoms with Crippen molar-refractivity contribution in [3.8, 4) is 5.88 Å². The van der Waals surface area contributed by atoms with Crippen LogP contribution >= 0.6 is 11.3 Å². The number of hydrogen-bond donors (Lipinski definition) is 1. The zero-order valence-electron chi connectivity index (χ0n) is 14.6. The molecule has 0 saturated heterocycles. The molecule has 1 aliphatic carbocycles. The molecule has 2 aromatic heterocycles. The lowest BCUT2D eigenvalue weighted by molar-refractivity contribution is -0.123. The van der Waals surface area contributed by atoms with E-state index in [2.05, 4.69) is 29.1 Å². The van der Waals surface area contributed by atoms with Crippen LogP contribution in [0.5, 0.6) is 5.88 Å². The number of hydrogen-bond acceptors (Lipinski definition) is 5. The fourth-order valence-corrected chi connectivity index (χ4v) is 4.65. The van der Waals surface area contributed by atoms with Gasteiger partial charge in [0, 0.05) is 10.9 Å². The first-order chi connectivity index (χ1) is 11.6. The summed E-state index contributed by atoms with van der Waals surface area (Å²) in [7, 11) is 0. The molecule has 0 aromatic carbocycles. The molecule has 0 aliphatic heterocycles. The molecular formula is C18H25N3O2S. The molecule has 0 saturated carbocycles. The predicted octanol–water partition coefficient (Wildman–Crippen LogP) is 3.50. The summed E-state index contributed by atoms with van der Waals surface area (Å²) in [5.41, 5.74) is 1.32. The molecule has 2 atom stereocenters. The summed E-state index contributed by atoms with van der Waals surface area (Å²) < 4.78 is 5.75. The van der Waals surface area contributed by atoms with Crippen molar-refractivity contribution in [1.82, 2.24) is 15.3 Å². The zero-order valence-corrected chi connectivity index (χ0v) is 15.4. The van der Waals surface area contributed by atoms with E-state index in [-0.39, 0.29) is 18.6 Å². The third-order valence-corrected chi connectivity index (χ3v) is 5.69. The summed E-state index contributed by atoms with van der Waals surface area (Å²) >= 11 is 1.74. The van der Waals surface area contributed by atoms with Crippen molar-refractivity contribution >= 4 is 27.5 Å². The fraction of sp³-hybridized carbons (Fsp3) is 0.611. The van der Waals surface area contributed by atoms with Crippen LogP contribution in [0.1, 0.15) is 50.5 Å². The monoisotopic (exact) mass is 347 g/mol. The highest BCUT2D eigenvalue weighted by Gasteiger charge is 2.23. The Balaban J connectivity index is 1.74. The lowest BCUT2D eigenvalue weighted by Gasteiger charge is -2.18. The minimum atomic E-state index is -0.0968. The van der Waals surface area contributed by atoms with E-state index in [4.69, 9.17) is 4.74 Å². The van der Waals surface area contributed by atoms with Gasteiger partial charge in [-0.05, 0) is 44.1 Å². The topological polar surface area (TPSA) is 64.1 Å². The molecule has 3 rings (SSSR count). The molecule has 0 bridgehead atoms. The van der Waals surface area contributed by atoms with Gasteiger partial charge < -0.3 is 10.1 Å². The SMILES string of the molecule is CCCC(C)NC(=O)COc1ncnc2sc3c(c12)CCC(C)C3. The molecular weight excluding hydrogens is 322 g/mol. The first kappa shape index (κ1) is 17.1. The maximum Gasteiger partial charge on any atom is 0.258 e. The Morgan fingerprint density at radius 1 is 1.50 bits per heavy atom. The van der Waals surface area contributed by atoms with Gasteiger partial charge in [0.15, 0.2) is 6.61 Å². The lowest BCUT2D eigenvalue weighted by atomic mass is 9.89. The van der Waals surface area contributed by atoms with Crippen LogP contribution in [0.3, 0.4) is 0 Å². The van der Waals surface area contributed by atoms with Crippen LogP contribution in [-0.4, -0.2) is 28.5 Å². The fourth-order valence-electron chi connectivity index (χ4n) is 3.31. The maximum atomic E-state index is 12.0. The van der Waals surface area contributed by atoms with E-state index in [0.29, 0.717) is 11.8 Å². The van der Waals surface area contributed by atoms with E-state index in [1.165, 1.54) is 23.2 Å². The van der Waals surface area contributed by atoms with E-state index >= 15 is 0 Å². The van der Waals surface area contributed by atoms with Gasteiger partial charge in [0.05, 0.1) is 5.39 Å². The van der Waals surface area contributed by atoms with Gasteiger partial charge in [0.25, 0.3) is 5.91 Å². The van der Waals surface area contributed by atoms with Crippen LogP contribution in [0.25, 0.3) is 10.2 Å². The van der Waals surface area contributed by atoms with Crippen molar-refractivity contribution in [2.24, 2.45) is 5.92 Å². The molecule has 2 heterocycles. The Kier molecular flexibility index (Phi) is 5.33. The highest BCUT2D eigenvalue weighted by atomic mass is 32.1. The van der Waals surface area contributed by atoms with Crippen molar-refractivity contribution < 1.29 is 9.53 Å². The number of thiophene rings is 1. The lowest BCUT2D eigenvalue weighted by Crippen LogP contribution is -2.36. The van der Waals surface area contributed by atoms with Crippen molar-refractivity contribution in [2.75, 3.05) is 6.61 Å². The number of carbonyl (C=O) groups is 1. The van der Waals surface area contributed by atoms with Crippen molar-refractivity contribution in [1.29, 1.82) is 0 Å². The van der Waals surface area contributed by atoms with Gasteiger partial charge in [-0.1, -0.05) is 20.3 Å². The Labute approximate surface area is 146 Å². The number of rotatable bonds is 6. The molecule has 0 fully saturated rings. The van der Waals surface area contributed by atoms with Gasteiger partial charge >= 0.3 is 0 Å². The summed E-state index contributed by atoms with van der Waals surface area (Å²) in [6.45, 7) is 6.41. The van der Waals surface area contributed by atoms with E-state index in [1.54, 1.807) is 11.3 Å². The van der Waals surface area contributed by atoms with Crippen LogP contribution in [0.4, 0.5) is 0 Å². The quantitative estimate of drug-likeness (QED) is 0.869. The Hall–Kier alpha value is -1.69. The molecule has 1 N–H and O–H groups in total. The number of aromatic nitrogens is 2. The van der Waals surface area contributed by atoms with Crippen LogP contribution in [0.15, 0.2) is 6.33 Å². The Bertz CT molecular complexity index is 728. The number of amides is 1. The second kappa shape index (κ2) is 7.47. The number of nitrogens with one attached hydrogen (secondary N) is 1. The molecule has 130 valence electrons. The number of carbonyl (C=O) groups excluding carboxylic acids is 1. The summed E-state index contributed by atoms with van der Waals surface area (Å²) in [5.74, 6) is 1.17. The van der Waals surface area contributed by atoms with Gasteiger partial charge in [-0.3, -0.25) is 4.79 Å². The average Bonchev–Trinajstić information content (AvgIpc) is 2.90.